The number of carbonyl (C=O) groups is 1. The fourth-order valence-corrected chi connectivity index (χ4v) is 1.76. The van der Waals surface area contributed by atoms with Gasteiger partial charge in [0.05, 0.1) is 5.02 Å². The van der Waals surface area contributed by atoms with Crippen molar-refractivity contribution in [3.8, 4) is 5.82 Å². The van der Waals surface area contributed by atoms with Gasteiger partial charge in [-0.05, 0) is 17.7 Å². The molecule has 0 atom stereocenters. The molecule has 0 spiro atoms. The summed E-state index contributed by atoms with van der Waals surface area (Å²) in [6.45, 7) is 0.317. The number of nitrogens with one attached hydrogen (secondary N) is 1. The number of nitrogens with two attached hydrogens (primary N) is 1. The molecule has 7 heteroatoms. The zero-order chi connectivity index (χ0) is 13.1. The molecule has 6 nitrogen and oxygen atoms in total. The van der Waals surface area contributed by atoms with E-state index < -0.39 is 0 Å². The van der Waals surface area contributed by atoms with Crippen molar-refractivity contribution in [3.05, 3.63) is 40.8 Å². The summed E-state index contributed by atoms with van der Waals surface area (Å²) in [6, 6.07) is 3.33. The van der Waals surface area contributed by atoms with Crippen molar-refractivity contribution in [2.75, 3.05) is 7.05 Å². The molecular formula is C11H12ClN5O. The number of carbonyl (C=O) groups excluding carboxylic acids is 1. The second-order valence-electron chi connectivity index (χ2n) is 3.54. The van der Waals surface area contributed by atoms with E-state index in [1.54, 1.807) is 31.6 Å². The predicted octanol–water partition coefficient (Wildman–Crippen LogP) is 0.739. The molecule has 0 unspecified atom stereocenters. The number of hydrogen-bond donors (Lipinski definition) is 2. The number of hydrogen-bond acceptors (Lipinski definition) is 4. The highest BCUT2D eigenvalue weighted by Gasteiger charge is 2.12. The third-order valence-corrected chi connectivity index (χ3v) is 2.85. The lowest BCUT2D eigenvalue weighted by Gasteiger charge is -2.06. The summed E-state index contributed by atoms with van der Waals surface area (Å²) in [5.41, 5.74) is 6.64. The molecule has 2 aromatic rings. The van der Waals surface area contributed by atoms with Crippen molar-refractivity contribution in [3.63, 3.8) is 0 Å². The fourth-order valence-electron chi connectivity index (χ4n) is 1.48. The molecule has 3 N–H and O–H groups in total. The van der Waals surface area contributed by atoms with Crippen LogP contribution in [-0.2, 0) is 6.54 Å². The highest BCUT2D eigenvalue weighted by Crippen LogP contribution is 2.21. The number of amides is 1. The van der Waals surface area contributed by atoms with E-state index in [0.717, 1.165) is 5.56 Å². The monoisotopic (exact) mass is 265 g/mol. The Bertz CT molecular complexity index is 581. The van der Waals surface area contributed by atoms with Gasteiger partial charge in [-0.1, -0.05) is 11.6 Å². The van der Waals surface area contributed by atoms with Gasteiger partial charge in [0.1, 0.15) is 0 Å². The molecule has 0 aliphatic heterocycles. The Kier molecular flexibility index (Phi) is 3.59. The zero-order valence-electron chi connectivity index (χ0n) is 9.72. The van der Waals surface area contributed by atoms with Gasteiger partial charge in [0, 0.05) is 26.0 Å². The lowest BCUT2D eigenvalue weighted by molar-refractivity contribution is 0.0957. The van der Waals surface area contributed by atoms with Gasteiger partial charge < -0.3 is 11.1 Å². The smallest absolute Gasteiger partial charge is 0.271 e. The van der Waals surface area contributed by atoms with Gasteiger partial charge in [0.15, 0.2) is 11.5 Å². The SMILES string of the molecule is CNC(=O)c1ccn(-c2nccc(CN)c2Cl)n1. The van der Waals surface area contributed by atoms with Crippen molar-refractivity contribution in [1.29, 1.82) is 0 Å². The minimum Gasteiger partial charge on any atom is -0.354 e. The van der Waals surface area contributed by atoms with E-state index in [2.05, 4.69) is 15.4 Å². The molecule has 0 aliphatic carbocycles. The van der Waals surface area contributed by atoms with Crippen LogP contribution in [0.2, 0.25) is 5.02 Å². The van der Waals surface area contributed by atoms with Gasteiger partial charge in [-0.3, -0.25) is 4.79 Å². The maximum atomic E-state index is 11.4. The summed E-state index contributed by atoms with van der Waals surface area (Å²) >= 11 is 6.16. The van der Waals surface area contributed by atoms with Gasteiger partial charge in [0.25, 0.3) is 5.91 Å². The Morgan fingerprint density at radius 2 is 2.33 bits per heavy atom. The van der Waals surface area contributed by atoms with Crippen LogP contribution in [0.4, 0.5) is 0 Å². The van der Waals surface area contributed by atoms with E-state index in [9.17, 15) is 4.79 Å². The molecule has 0 saturated heterocycles. The largest absolute Gasteiger partial charge is 0.354 e. The van der Waals surface area contributed by atoms with E-state index in [4.69, 9.17) is 17.3 Å². The van der Waals surface area contributed by atoms with Crippen molar-refractivity contribution in [2.45, 2.75) is 6.54 Å². The average Bonchev–Trinajstić information content (AvgIpc) is 2.87. The molecule has 18 heavy (non-hydrogen) atoms. The number of pyridine rings is 1. The molecule has 94 valence electrons. The van der Waals surface area contributed by atoms with Crippen LogP contribution in [0, 0.1) is 0 Å². The lowest BCUT2D eigenvalue weighted by atomic mass is 10.2. The van der Waals surface area contributed by atoms with Crippen molar-refractivity contribution < 1.29 is 4.79 Å². The maximum absolute atomic E-state index is 11.4. The van der Waals surface area contributed by atoms with Crippen LogP contribution in [0.5, 0.6) is 0 Å². The first-order valence-corrected chi connectivity index (χ1v) is 5.66. The van der Waals surface area contributed by atoms with Crippen LogP contribution in [-0.4, -0.2) is 27.7 Å². The Morgan fingerprint density at radius 3 is 3.00 bits per heavy atom. The van der Waals surface area contributed by atoms with Crippen LogP contribution < -0.4 is 11.1 Å². The van der Waals surface area contributed by atoms with E-state index in [1.165, 1.54) is 4.68 Å². The topological polar surface area (TPSA) is 85.8 Å². The van der Waals surface area contributed by atoms with Crippen molar-refractivity contribution in [2.24, 2.45) is 5.73 Å². The Hall–Kier alpha value is -1.92. The van der Waals surface area contributed by atoms with Gasteiger partial charge in [-0.15, -0.1) is 0 Å². The van der Waals surface area contributed by atoms with E-state index >= 15 is 0 Å². The van der Waals surface area contributed by atoms with Crippen molar-refractivity contribution >= 4 is 17.5 Å². The molecule has 0 saturated carbocycles. The minimum absolute atomic E-state index is 0.264. The summed E-state index contributed by atoms with van der Waals surface area (Å²) in [5, 5.41) is 7.04. The predicted molar refractivity (Wildman–Crippen MR) is 67.7 cm³/mol. The van der Waals surface area contributed by atoms with Gasteiger partial charge in [-0.25, -0.2) is 9.67 Å². The van der Waals surface area contributed by atoms with E-state index in [0.29, 0.717) is 23.1 Å². The zero-order valence-corrected chi connectivity index (χ0v) is 10.5. The first-order valence-electron chi connectivity index (χ1n) is 5.29. The van der Waals surface area contributed by atoms with E-state index in [1.807, 2.05) is 0 Å². The number of nitrogens with zero attached hydrogens (tertiary/aromatic N) is 3. The van der Waals surface area contributed by atoms with E-state index in [-0.39, 0.29) is 5.91 Å². The first-order chi connectivity index (χ1) is 8.67. The second kappa shape index (κ2) is 5.16. The second-order valence-corrected chi connectivity index (χ2v) is 3.91. The van der Waals surface area contributed by atoms with Crippen LogP contribution in [0.3, 0.4) is 0 Å². The molecule has 0 aromatic carbocycles. The van der Waals surface area contributed by atoms with Crippen LogP contribution >= 0.6 is 11.6 Å². The number of aromatic nitrogens is 3. The van der Waals surface area contributed by atoms with Crippen LogP contribution in [0.25, 0.3) is 5.82 Å². The number of halogens is 1. The Balaban J connectivity index is 2.43. The van der Waals surface area contributed by atoms with Crippen molar-refractivity contribution in [1.82, 2.24) is 20.1 Å². The normalized spacial score (nSPS) is 10.4. The minimum atomic E-state index is -0.264. The quantitative estimate of drug-likeness (QED) is 0.857. The fraction of sp³-hybridized carbons (Fsp3) is 0.182. The van der Waals surface area contributed by atoms with Crippen LogP contribution in [0.15, 0.2) is 24.5 Å². The Labute approximate surface area is 109 Å². The molecule has 0 aliphatic rings. The van der Waals surface area contributed by atoms with Gasteiger partial charge >= 0.3 is 0 Å². The molecule has 0 fully saturated rings. The summed E-state index contributed by atoms with van der Waals surface area (Å²) in [5.74, 6) is 0.189. The average molecular weight is 266 g/mol. The summed E-state index contributed by atoms with van der Waals surface area (Å²) in [4.78, 5) is 15.5. The maximum Gasteiger partial charge on any atom is 0.271 e. The highest BCUT2D eigenvalue weighted by atomic mass is 35.5. The lowest BCUT2D eigenvalue weighted by Crippen LogP contribution is -2.18. The number of rotatable bonds is 3. The summed E-state index contributed by atoms with van der Waals surface area (Å²) in [7, 11) is 1.54. The van der Waals surface area contributed by atoms with Gasteiger partial charge in [-0.2, -0.15) is 5.10 Å². The standard InChI is InChI=1S/C11H12ClN5O/c1-14-11(18)8-3-5-17(16-8)10-9(12)7(6-13)2-4-15-10/h2-5H,6,13H2,1H3,(H,14,18). The molecule has 0 bridgehead atoms. The third kappa shape index (κ3) is 2.20. The molecule has 1 amide bonds. The first kappa shape index (κ1) is 12.5. The molecule has 2 heterocycles. The molecule has 2 rings (SSSR count). The summed E-state index contributed by atoms with van der Waals surface area (Å²) < 4.78 is 1.45. The Morgan fingerprint density at radius 1 is 1.56 bits per heavy atom. The highest BCUT2D eigenvalue weighted by molar-refractivity contribution is 6.32. The molecule has 0 radical (unpaired) electrons. The van der Waals surface area contributed by atoms with Crippen LogP contribution in [0.1, 0.15) is 16.1 Å². The van der Waals surface area contributed by atoms with Gasteiger partial charge in [0.2, 0.25) is 0 Å². The molecular weight excluding hydrogens is 254 g/mol. The summed E-state index contributed by atoms with van der Waals surface area (Å²) in [6.07, 6.45) is 3.23. The third-order valence-electron chi connectivity index (χ3n) is 2.44. The molecule has 2 aromatic heterocycles.